The molecular formula is C18H15NO5. The number of aromatic amines is 1. The summed E-state index contributed by atoms with van der Waals surface area (Å²) < 4.78 is 5.71. The number of fused-ring (bicyclic) bond motifs is 1. The second-order valence-electron chi connectivity index (χ2n) is 5.39. The molecule has 3 rings (SSSR count). The lowest BCUT2D eigenvalue weighted by Gasteiger charge is -2.07. The highest BCUT2D eigenvalue weighted by Gasteiger charge is 2.09. The molecule has 3 aromatic rings. The summed E-state index contributed by atoms with van der Waals surface area (Å²) in [6.07, 6.45) is 1.61. The minimum absolute atomic E-state index is 0.0654. The quantitative estimate of drug-likeness (QED) is 0.647. The van der Waals surface area contributed by atoms with E-state index in [2.05, 4.69) is 4.98 Å². The van der Waals surface area contributed by atoms with Gasteiger partial charge in [0.05, 0.1) is 12.0 Å². The largest absolute Gasteiger partial charge is 0.489 e. The van der Waals surface area contributed by atoms with Crippen LogP contribution in [0.25, 0.3) is 10.9 Å². The zero-order valence-corrected chi connectivity index (χ0v) is 12.7. The number of hydrogen-bond donors (Lipinski definition) is 3. The van der Waals surface area contributed by atoms with Gasteiger partial charge in [0.15, 0.2) is 0 Å². The van der Waals surface area contributed by atoms with Crippen LogP contribution in [0.2, 0.25) is 0 Å². The van der Waals surface area contributed by atoms with E-state index in [1.165, 1.54) is 6.07 Å². The maximum atomic E-state index is 11.0. The molecule has 0 fully saturated rings. The molecule has 24 heavy (non-hydrogen) atoms. The van der Waals surface area contributed by atoms with Gasteiger partial charge in [-0.05, 0) is 41.5 Å². The van der Waals surface area contributed by atoms with Crippen LogP contribution in [0.15, 0.2) is 48.7 Å². The van der Waals surface area contributed by atoms with Gasteiger partial charge in [-0.15, -0.1) is 0 Å². The van der Waals surface area contributed by atoms with Crippen molar-refractivity contribution >= 4 is 22.8 Å². The van der Waals surface area contributed by atoms with E-state index in [1.54, 1.807) is 36.5 Å². The third-order valence-electron chi connectivity index (χ3n) is 3.66. The predicted octanol–water partition coefficient (Wildman–Crippen LogP) is 3.07. The third-order valence-corrected chi connectivity index (χ3v) is 3.66. The van der Waals surface area contributed by atoms with E-state index in [0.29, 0.717) is 11.3 Å². The number of rotatable bonds is 6. The zero-order chi connectivity index (χ0) is 17.1. The molecule has 0 aliphatic carbocycles. The van der Waals surface area contributed by atoms with Crippen LogP contribution >= 0.6 is 0 Å². The van der Waals surface area contributed by atoms with Gasteiger partial charge in [-0.25, -0.2) is 4.79 Å². The Labute approximate surface area is 137 Å². The Balaban J connectivity index is 1.79. The Morgan fingerprint density at radius 2 is 1.92 bits per heavy atom. The second kappa shape index (κ2) is 6.45. The van der Waals surface area contributed by atoms with E-state index in [4.69, 9.17) is 14.9 Å². The molecule has 0 bridgehead atoms. The monoisotopic (exact) mass is 325 g/mol. The number of benzene rings is 2. The molecule has 0 saturated carbocycles. The molecule has 0 aliphatic rings. The number of aromatic nitrogens is 1. The van der Waals surface area contributed by atoms with Crippen molar-refractivity contribution in [1.29, 1.82) is 0 Å². The van der Waals surface area contributed by atoms with Crippen LogP contribution in [0.5, 0.6) is 5.75 Å². The van der Waals surface area contributed by atoms with Crippen LogP contribution in [0, 0.1) is 0 Å². The van der Waals surface area contributed by atoms with Crippen LogP contribution in [-0.4, -0.2) is 27.1 Å². The first kappa shape index (κ1) is 15.6. The molecule has 0 atom stereocenters. The summed E-state index contributed by atoms with van der Waals surface area (Å²) in [6, 6.07) is 11.9. The van der Waals surface area contributed by atoms with Gasteiger partial charge in [-0.2, -0.15) is 0 Å². The first-order chi connectivity index (χ1) is 11.5. The summed E-state index contributed by atoms with van der Waals surface area (Å²) in [6.45, 7) is 0.227. The van der Waals surface area contributed by atoms with E-state index >= 15 is 0 Å². The predicted molar refractivity (Wildman–Crippen MR) is 87.4 cm³/mol. The zero-order valence-electron chi connectivity index (χ0n) is 12.7. The highest BCUT2D eigenvalue weighted by molar-refractivity contribution is 5.88. The molecule has 1 aromatic heterocycles. The number of carbonyl (C=O) groups is 2. The first-order valence-corrected chi connectivity index (χ1v) is 7.30. The van der Waals surface area contributed by atoms with Crippen molar-refractivity contribution in [2.75, 3.05) is 0 Å². The molecule has 0 aliphatic heterocycles. The standard InChI is InChI=1S/C18H15NO5/c20-17(21)7-13-9-19-16-5-4-14(8-15(13)16)24-10-11-2-1-3-12(6-11)18(22)23/h1-6,8-9,19H,7,10H2,(H,20,21)(H,22,23). The summed E-state index contributed by atoms with van der Waals surface area (Å²) in [7, 11) is 0. The van der Waals surface area contributed by atoms with E-state index in [9.17, 15) is 9.59 Å². The molecule has 0 saturated heterocycles. The fraction of sp³-hybridized carbons (Fsp3) is 0.111. The van der Waals surface area contributed by atoms with Crippen LogP contribution in [0.4, 0.5) is 0 Å². The number of H-pyrrole nitrogens is 1. The average molecular weight is 325 g/mol. The summed E-state index contributed by atoms with van der Waals surface area (Å²) >= 11 is 0. The summed E-state index contributed by atoms with van der Waals surface area (Å²) in [5.41, 5.74) is 2.48. The Bertz CT molecular complexity index is 913. The van der Waals surface area contributed by atoms with Crippen molar-refractivity contribution in [2.24, 2.45) is 0 Å². The number of hydrogen-bond acceptors (Lipinski definition) is 3. The molecule has 6 heteroatoms. The third kappa shape index (κ3) is 3.38. The number of aliphatic carboxylic acids is 1. The van der Waals surface area contributed by atoms with Gasteiger partial charge < -0.3 is 19.9 Å². The van der Waals surface area contributed by atoms with Crippen LogP contribution in [0.3, 0.4) is 0 Å². The Morgan fingerprint density at radius 3 is 2.67 bits per heavy atom. The van der Waals surface area contributed by atoms with Gasteiger partial charge in [0.25, 0.3) is 0 Å². The maximum absolute atomic E-state index is 11.0. The van der Waals surface area contributed by atoms with Crippen LogP contribution in [0.1, 0.15) is 21.5 Å². The molecule has 0 radical (unpaired) electrons. The van der Waals surface area contributed by atoms with Gasteiger partial charge in [0.2, 0.25) is 0 Å². The highest BCUT2D eigenvalue weighted by Crippen LogP contribution is 2.25. The van der Waals surface area contributed by atoms with Crippen molar-refractivity contribution in [3.05, 3.63) is 65.4 Å². The molecule has 3 N–H and O–H groups in total. The van der Waals surface area contributed by atoms with Crippen LogP contribution in [-0.2, 0) is 17.8 Å². The van der Waals surface area contributed by atoms with Crippen molar-refractivity contribution in [3.63, 3.8) is 0 Å². The van der Waals surface area contributed by atoms with Crippen molar-refractivity contribution < 1.29 is 24.5 Å². The van der Waals surface area contributed by atoms with Crippen molar-refractivity contribution in [2.45, 2.75) is 13.0 Å². The second-order valence-corrected chi connectivity index (χ2v) is 5.39. The highest BCUT2D eigenvalue weighted by atomic mass is 16.5. The fourth-order valence-corrected chi connectivity index (χ4v) is 2.52. The fourth-order valence-electron chi connectivity index (χ4n) is 2.52. The topological polar surface area (TPSA) is 99.6 Å². The molecular weight excluding hydrogens is 310 g/mol. The van der Waals surface area contributed by atoms with Crippen molar-refractivity contribution in [1.82, 2.24) is 4.98 Å². The van der Waals surface area contributed by atoms with E-state index in [1.807, 2.05) is 6.07 Å². The molecule has 6 nitrogen and oxygen atoms in total. The summed E-state index contributed by atoms with van der Waals surface area (Å²) in [5, 5.41) is 18.7. The molecule has 0 amide bonds. The summed E-state index contributed by atoms with van der Waals surface area (Å²) in [5.74, 6) is -1.29. The molecule has 0 unspecified atom stereocenters. The average Bonchev–Trinajstić information content (AvgIpc) is 2.95. The van der Waals surface area contributed by atoms with Crippen LogP contribution < -0.4 is 4.74 Å². The number of carboxylic acids is 2. The van der Waals surface area contributed by atoms with Gasteiger partial charge in [-0.3, -0.25) is 4.79 Å². The number of nitrogens with one attached hydrogen (secondary N) is 1. The Morgan fingerprint density at radius 1 is 1.08 bits per heavy atom. The van der Waals surface area contributed by atoms with Gasteiger partial charge in [0, 0.05) is 17.1 Å². The van der Waals surface area contributed by atoms with Gasteiger partial charge in [-0.1, -0.05) is 12.1 Å². The lowest BCUT2D eigenvalue weighted by atomic mass is 10.1. The van der Waals surface area contributed by atoms with E-state index < -0.39 is 11.9 Å². The number of aromatic carboxylic acids is 1. The number of ether oxygens (including phenoxy) is 1. The molecule has 122 valence electrons. The molecule has 2 aromatic carbocycles. The molecule has 0 spiro atoms. The smallest absolute Gasteiger partial charge is 0.335 e. The first-order valence-electron chi connectivity index (χ1n) is 7.30. The van der Waals surface area contributed by atoms with Crippen molar-refractivity contribution in [3.8, 4) is 5.75 Å². The minimum Gasteiger partial charge on any atom is -0.489 e. The van der Waals surface area contributed by atoms with Gasteiger partial charge >= 0.3 is 11.9 Å². The van der Waals surface area contributed by atoms with Gasteiger partial charge in [0.1, 0.15) is 12.4 Å². The lowest BCUT2D eigenvalue weighted by Crippen LogP contribution is -2.00. The van der Waals surface area contributed by atoms with E-state index in [0.717, 1.165) is 16.5 Å². The number of carboxylic acid groups (broad SMARTS) is 2. The summed E-state index contributed by atoms with van der Waals surface area (Å²) in [4.78, 5) is 24.9. The lowest BCUT2D eigenvalue weighted by molar-refractivity contribution is -0.136. The van der Waals surface area contributed by atoms with E-state index in [-0.39, 0.29) is 18.6 Å². The molecule has 1 heterocycles. The SMILES string of the molecule is O=C(O)Cc1c[nH]c2ccc(OCc3cccc(C(=O)O)c3)cc12. The maximum Gasteiger partial charge on any atom is 0.335 e. The normalized spacial score (nSPS) is 10.7. The minimum atomic E-state index is -0.982. The Hall–Kier alpha value is -3.28. The Kier molecular flexibility index (Phi) is 4.20.